The van der Waals surface area contributed by atoms with Gasteiger partial charge in [-0.05, 0) is 42.2 Å². The number of nitrogens with zero attached hydrogens (tertiary/aromatic N) is 2. The average Bonchev–Trinajstić information content (AvgIpc) is 3.34. The molecule has 3 aliphatic rings. The zero-order chi connectivity index (χ0) is 18.6. The molecule has 0 aliphatic carbocycles. The van der Waals surface area contributed by atoms with E-state index in [-0.39, 0.29) is 17.2 Å². The van der Waals surface area contributed by atoms with Gasteiger partial charge in [0.2, 0.25) is 10.0 Å². The van der Waals surface area contributed by atoms with Crippen LogP contribution in [0.3, 0.4) is 0 Å². The predicted molar refractivity (Wildman–Crippen MR) is 104 cm³/mol. The number of hydrogen-bond acceptors (Lipinski definition) is 4. The molecule has 3 aliphatic heterocycles. The number of benzene rings is 2. The normalized spacial score (nSPS) is 31.1. The number of sulfonamides is 1. The third-order valence-electron chi connectivity index (χ3n) is 6.01. The summed E-state index contributed by atoms with van der Waals surface area (Å²) in [4.78, 5) is 2.86. The second kappa shape index (κ2) is 6.58. The molecule has 5 rings (SSSR count). The van der Waals surface area contributed by atoms with E-state index in [1.54, 1.807) is 28.6 Å². The third-order valence-corrected chi connectivity index (χ3v) is 9.26. The van der Waals surface area contributed by atoms with E-state index in [0.29, 0.717) is 29.9 Å². The summed E-state index contributed by atoms with van der Waals surface area (Å²) in [7, 11) is -3.45. The fourth-order valence-corrected chi connectivity index (χ4v) is 7.87. The number of halogens is 1. The summed E-state index contributed by atoms with van der Waals surface area (Å²) >= 11 is 1.88. The van der Waals surface area contributed by atoms with Gasteiger partial charge in [-0.1, -0.05) is 30.3 Å². The van der Waals surface area contributed by atoms with E-state index in [1.807, 2.05) is 30.0 Å². The van der Waals surface area contributed by atoms with E-state index < -0.39 is 10.0 Å². The molecular formula is C20H21FN2O2S2. The van der Waals surface area contributed by atoms with Gasteiger partial charge in [-0.25, -0.2) is 12.8 Å². The molecule has 0 saturated carbocycles. The van der Waals surface area contributed by atoms with Crippen LogP contribution in [0.15, 0.2) is 59.5 Å². The lowest BCUT2D eigenvalue weighted by Gasteiger charge is -2.30. The monoisotopic (exact) mass is 404 g/mol. The number of thioether (sulfide) groups is 1. The van der Waals surface area contributed by atoms with Gasteiger partial charge in [0.15, 0.2) is 0 Å². The van der Waals surface area contributed by atoms with E-state index in [0.717, 1.165) is 17.7 Å². The van der Waals surface area contributed by atoms with Crippen molar-refractivity contribution in [3.05, 3.63) is 66.0 Å². The van der Waals surface area contributed by atoms with E-state index >= 15 is 0 Å². The van der Waals surface area contributed by atoms with Crippen LogP contribution in [0.4, 0.5) is 4.39 Å². The van der Waals surface area contributed by atoms with Crippen molar-refractivity contribution < 1.29 is 12.8 Å². The molecule has 2 aromatic rings. The Labute approximate surface area is 163 Å². The minimum atomic E-state index is -3.45. The lowest BCUT2D eigenvalue weighted by molar-refractivity contribution is 0.198. The largest absolute Gasteiger partial charge is 0.279 e. The van der Waals surface area contributed by atoms with Crippen LogP contribution in [0.2, 0.25) is 0 Å². The van der Waals surface area contributed by atoms with Crippen molar-refractivity contribution in [3.63, 3.8) is 0 Å². The molecule has 3 saturated heterocycles. The maximum Gasteiger partial charge on any atom is 0.243 e. The van der Waals surface area contributed by atoms with Crippen LogP contribution >= 0.6 is 11.8 Å². The third kappa shape index (κ3) is 2.92. The van der Waals surface area contributed by atoms with Gasteiger partial charge in [-0.2, -0.15) is 4.31 Å². The van der Waals surface area contributed by atoms with Crippen molar-refractivity contribution >= 4 is 21.8 Å². The van der Waals surface area contributed by atoms with Gasteiger partial charge < -0.3 is 0 Å². The molecule has 0 amide bonds. The van der Waals surface area contributed by atoms with Gasteiger partial charge in [0.05, 0.1) is 10.3 Å². The minimum Gasteiger partial charge on any atom is -0.279 e. The predicted octanol–water partition coefficient (Wildman–Crippen LogP) is 3.33. The van der Waals surface area contributed by atoms with Gasteiger partial charge >= 0.3 is 0 Å². The fourth-order valence-electron chi connectivity index (χ4n) is 4.77. The standard InChI is InChI=1S/C20H21FN2O2S2/c21-16-8-6-14(7-9-16)20-23-17(13-26-20)10-15-11-22(12-19(15)23)27(24,25)18-4-2-1-3-5-18/h1-9,15,17,19-20H,10-13H2/t15-,17-,19+,20+/m1/s1. The Balaban J connectivity index is 1.40. The van der Waals surface area contributed by atoms with Gasteiger partial charge in [0, 0.05) is 30.9 Å². The van der Waals surface area contributed by atoms with Crippen molar-refractivity contribution in [2.75, 3.05) is 18.8 Å². The molecule has 0 bridgehead atoms. The molecule has 142 valence electrons. The van der Waals surface area contributed by atoms with Crippen LogP contribution in [-0.2, 0) is 10.0 Å². The lowest BCUT2D eigenvalue weighted by atomic mass is 10.0. The Morgan fingerprint density at radius 3 is 2.48 bits per heavy atom. The smallest absolute Gasteiger partial charge is 0.243 e. The molecule has 0 unspecified atom stereocenters. The number of fused-ring (bicyclic) bond motifs is 3. The topological polar surface area (TPSA) is 40.6 Å². The van der Waals surface area contributed by atoms with E-state index in [9.17, 15) is 12.8 Å². The highest BCUT2D eigenvalue weighted by Crippen LogP contribution is 2.51. The van der Waals surface area contributed by atoms with Gasteiger partial charge in [0.1, 0.15) is 5.82 Å². The molecule has 2 aromatic carbocycles. The number of rotatable bonds is 3. The van der Waals surface area contributed by atoms with Crippen LogP contribution in [-0.4, -0.2) is 48.5 Å². The summed E-state index contributed by atoms with van der Waals surface area (Å²) in [5, 5.41) is 0.185. The second-order valence-corrected chi connectivity index (χ2v) is 10.6. The highest BCUT2D eigenvalue weighted by atomic mass is 32.2. The molecule has 4 atom stereocenters. The molecule has 0 radical (unpaired) electrons. The van der Waals surface area contributed by atoms with Crippen LogP contribution < -0.4 is 0 Å². The molecule has 0 N–H and O–H groups in total. The Kier molecular flexibility index (Phi) is 4.31. The maximum atomic E-state index is 13.3. The first-order valence-electron chi connectivity index (χ1n) is 9.24. The quantitative estimate of drug-likeness (QED) is 0.787. The van der Waals surface area contributed by atoms with Crippen LogP contribution in [0, 0.1) is 11.7 Å². The fraction of sp³-hybridized carbons (Fsp3) is 0.400. The summed E-state index contributed by atoms with van der Waals surface area (Å²) in [5.41, 5.74) is 1.11. The Morgan fingerprint density at radius 2 is 1.74 bits per heavy atom. The first-order chi connectivity index (χ1) is 13.0. The van der Waals surface area contributed by atoms with Crippen LogP contribution in [0.1, 0.15) is 17.4 Å². The zero-order valence-corrected chi connectivity index (χ0v) is 16.4. The minimum absolute atomic E-state index is 0.185. The molecular weight excluding hydrogens is 383 g/mol. The highest BCUT2D eigenvalue weighted by Gasteiger charge is 2.53. The van der Waals surface area contributed by atoms with Crippen LogP contribution in [0.5, 0.6) is 0 Å². The molecule has 0 spiro atoms. The van der Waals surface area contributed by atoms with Crippen LogP contribution in [0.25, 0.3) is 0 Å². The molecule has 27 heavy (non-hydrogen) atoms. The Hall–Kier alpha value is -1.41. The Bertz CT molecular complexity index is 936. The summed E-state index contributed by atoms with van der Waals surface area (Å²) in [6, 6.07) is 16.2. The van der Waals surface area contributed by atoms with Gasteiger partial charge in [-0.15, -0.1) is 11.8 Å². The van der Waals surface area contributed by atoms with Gasteiger partial charge in [-0.3, -0.25) is 4.90 Å². The summed E-state index contributed by atoms with van der Waals surface area (Å²) in [5.74, 6) is 1.21. The second-order valence-electron chi connectivity index (χ2n) is 7.54. The molecule has 3 heterocycles. The maximum absolute atomic E-state index is 13.3. The first kappa shape index (κ1) is 17.7. The van der Waals surface area contributed by atoms with E-state index in [1.165, 1.54) is 12.1 Å². The molecule has 3 fully saturated rings. The summed E-state index contributed by atoms with van der Waals surface area (Å²) in [6.07, 6.45) is 1.04. The van der Waals surface area contributed by atoms with Gasteiger partial charge in [0.25, 0.3) is 0 Å². The van der Waals surface area contributed by atoms with Crippen molar-refractivity contribution in [1.82, 2.24) is 9.21 Å². The highest BCUT2D eigenvalue weighted by molar-refractivity contribution is 7.99. The SMILES string of the molecule is O=S(=O)(c1ccccc1)N1C[C@H]2C[C@@H]3CS[C@@H](c4ccc(F)cc4)N3[C@H]2C1. The first-order valence-corrected chi connectivity index (χ1v) is 11.7. The molecule has 4 nitrogen and oxygen atoms in total. The Morgan fingerprint density at radius 1 is 1.00 bits per heavy atom. The van der Waals surface area contributed by atoms with Crippen molar-refractivity contribution in [2.24, 2.45) is 5.92 Å². The van der Waals surface area contributed by atoms with Crippen molar-refractivity contribution in [1.29, 1.82) is 0 Å². The van der Waals surface area contributed by atoms with Crippen molar-refractivity contribution in [2.45, 2.75) is 28.8 Å². The lowest BCUT2D eigenvalue weighted by Crippen LogP contribution is -2.39. The summed E-state index contributed by atoms with van der Waals surface area (Å²) < 4.78 is 41.0. The zero-order valence-electron chi connectivity index (χ0n) is 14.7. The molecule has 7 heteroatoms. The molecule has 0 aromatic heterocycles. The van der Waals surface area contributed by atoms with E-state index in [2.05, 4.69) is 4.90 Å². The average molecular weight is 405 g/mol. The number of hydrogen-bond donors (Lipinski definition) is 0. The summed E-state index contributed by atoms with van der Waals surface area (Å²) in [6.45, 7) is 1.13. The van der Waals surface area contributed by atoms with Crippen molar-refractivity contribution in [3.8, 4) is 0 Å². The van der Waals surface area contributed by atoms with E-state index in [4.69, 9.17) is 0 Å².